The minimum absolute atomic E-state index is 0.170. The second kappa shape index (κ2) is 7.80. The van der Waals surface area contributed by atoms with Crippen LogP contribution in [-0.4, -0.2) is 25.8 Å². The third-order valence-corrected chi connectivity index (χ3v) is 4.68. The van der Waals surface area contributed by atoms with Crippen molar-refractivity contribution >= 4 is 29.3 Å². The summed E-state index contributed by atoms with van der Waals surface area (Å²) in [6.45, 7) is 2.09. The van der Waals surface area contributed by atoms with Gasteiger partial charge in [0.1, 0.15) is 12.1 Å². The number of nitrogens with zero attached hydrogens (tertiary/aromatic N) is 4. The summed E-state index contributed by atoms with van der Waals surface area (Å²) in [5.74, 6) is 0.502. The number of amides is 2. The molecule has 0 aliphatic carbocycles. The lowest BCUT2D eigenvalue weighted by Crippen LogP contribution is -2.20. The second-order valence-electron chi connectivity index (χ2n) is 5.40. The molecular weight excluding hydrogens is 336 g/mol. The van der Waals surface area contributed by atoms with E-state index in [9.17, 15) is 4.79 Å². The van der Waals surface area contributed by atoms with Crippen molar-refractivity contribution in [2.45, 2.75) is 17.3 Å². The standard InChI is InChI=1S/C17H18N6OS/c1-12(25-17-22-19-11-23(17)2)13-6-5-7-14(10-13)20-16(24)21-15-8-3-4-9-18-15/h3-12H,1-2H3,(H2,18,20,21,24)/t12-/m0/s1. The number of pyridine rings is 1. The first-order chi connectivity index (χ1) is 12.1. The van der Waals surface area contributed by atoms with E-state index in [1.54, 1.807) is 36.4 Å². The fourth-order valence-corrected chi connectivity index (χ4v) is 3.10. The van der Waals surface area contributed by atoms with Gasteiger partial charge in [-0.25, -0.2) is 9.78 Å². The van der Waals surface area contributed by atoms with E-state index in [-0.39, 0.29) is 11.3 Å². The minimum atomic E-state index is -0.329. The Morgan fingerprint density at radius 3 is 2.80 bits per heavy atom. The van der Waals surface area contributed by atoms with Gasteiger partial charge >= 0.3 is 6.03 Å². The van der Waals surface area contributed by atoms with Crippen molar-refractivity contribution in [2.24, 2.45) is 7.05 Å². The van der Waals surface area contributed by atoms with Gasteiger partial charge in [-0.05, 0) is 36.8 Å². The molecule has 7 nitrogen and oxygen atoms in total. The molecule has 2 amide bonds. The number of hydrogen-bond acceptors (Lipinski definition) is 5. The maximum atomic E-state index is 12.1. The van der Waals surface area contributed by atoms with Gasteiger partial charge in [-0.2, -0.15) is 0 Å². The number of hydrogen-bond donors (Lipinski definition) is 2. The smallest absolute Gasteiger partial charge is 0.312 e. The molecule has 2 aromatic heterocycles. The van der Waals surface area contributed by atoms with Gasteiger partial charge in [0.15, 0.2) is 5.16 Å². The Morgan fingerprint density at radius 1 is 1.20 bits per heavy atom. The number of aromatic nitrogens is 4. The number of benzene rings is 1. The van der Waals surface area contributed by atoms with Crippen LogP contribution in [0.4, 0.5) is 16.3 Å². The minimum Gasteiger partial charge on any atom is -0.312 e. The lowest BCUT2D eigenvalue weighted by Gasteiger charge is -2.13. The molecule has 1 aromatic carbocycles. The van der Waals surface area contributed by atoms with Crippen LogP contribution in [0.15, 0.2) is 60.1 Å². The Morgan fingerprint density at radius 2 is 2.08 bits per heavy atom. The zero-order valence-corrected chi connectivity index (χ0v) is 14.7. The number of nitrogens with one attached hydrogen (secondary N) is 2. The van der Waals surface area contributed by atoms with Crippen molar-refractivity contribution < 1.29 is 4.79 Å². The van der Waals surface area contributed by atoms with Gasteiger partial charge in [0, 0.05) is 24.2 Å². The molecule has 0 aliphatic rings. The fraction of sp³-hybridized carbons (Fsp3) is 0.176. The van der Waals surface area contributed by atoms with Gasteiger partial charge in [-0.3, -0.25) is 5.32 Å². The predicted molar refractivity (Wildman–Crippen MR) is 98.6 cm³/mol. The Hall–Kier alpha value is -2.87. The zero-order valence-electron chi connectivity index (χ0n) is 13.9. The highest BCUT2D eigenvalue weighted by Crippen LogP contribution is 2.34. The molecule has 2 heterocycles. The summed E-state index contributed by atoms with van der Waals surface area (Å²) in [4.78, 5) is 16.1. The van der Waals surface area contributed by atoms with E-state index in [1.807, 2.05) is 41.9 Å². The molecule has 2 N–H and O–H groups in total. The maximum Gasteiger partial charge on any atom is 0.324 e. The molecule has 3 aromatic rings. The summed E-state index contributed by atoms with van der Waals surface area (Å²) in [5, 5.41) is 14.5. The van der Waals surface area contributed by atoms with Gasteiger partial charge in [-0.1, -0.05) is 30.0 Å². The number of rotatable bonds is 5. The van der Waals surface area contributed by atoms with Crippen molar-refractivity contribution in [3.8, 4) is 0 Å². The lowest BCUT2D eigenvalue weighted by atomic mass is 10.1. The van der Waals surface area contributed by atoms with Gasteiger partial charge in [0.05, 0.1) is 0 Å². The van der Waals surface area contributed by atoms with E-state index in [2.05, 4.69) is 32.7 Å². The van der Waals surface area contributed by atoms with Crippen molar-refractivity contribution in [1.82, 2.24) is 19.7 Å². The topological polar surface area (TPSA) is 84.7 Å². The first-order valence-corrected chi connectivity index (χ1v) is 8.59. The number of carbonyl (C=O) groups excluding carboxylic acids is 1. The van der Waals surface area contributed by atoms with E-state index in [0.717, 1.165) is 16.4 Å². The van der Waals surface area contributed by atoms with Gasteiger partial charge in [0.2, 0.25) is 0 Å². The highest BCUT2D eigenvalue weighted by Gasteiger charge is 2.12. The molecule has 0 aliphatic heterocycles. The SMILES string of the molecule is C[C@H](Sc1nncn1C)c1cccc(NC(=O)Nc2ccccn2)c1. The average Bonchev–Trinajstić information content (AvgIpc) is 3.00. The molecule has 1 atom stereocenters. The van der Waals surface area contributed by atoms with Crippen molar-refractivity contribution in [3.05, 3.63) is 60.6 Å². The highest BCUT2D eigenvalue weighted by atomic mass is 32.2. The van der Waals surface area contributed by atoms with E-state index in [1.165, 1.54) is 0 Å². The molecule has 3 rings (SSSR count). The molecule has 8 heteroatoms. The summed E-state index contributed by atoms with van der Waals surface area (Å²) < 4.78 is 1.88. The summed E-state index contributed by atoms with van der Waals surface area (Å²) in [5.41, 5.74) is 1.81. The van der Waals surface area contributed by atoms with E-state index in [4.69, 9.17) is 0 Å². The molecule has 0 spiro atoms. The number of urea groups is 1. The Kier molecular flexibility index (Phi) is 5.30. The van der Waals surface area contributed by atoms with Crippen LogP contribution >= 0.6 is 11.8 Å². The first-order valence-electron chi connectivity index (χ1n) is 7.71. The second-order valence-corrected chi connectivity index (χ2v) is 6.71. The van der Waals surface area contributed by atoms with E-state index in [0.29, 0.717) is 5.82 Å². The van der Waals surface area contributed by atoms with Crippen LogP contribution in [0.25, 0.3) is 0 Å². The van der Waals surface area contributed by atoms with Crippen LogP contribution < -0.4 is 10.6 Å². The van der Waals surface area contributed by atoms with Crippen LogP contribution in [0, 0.1) is 0 Å². The molecule has 0 bridgehead atoms. The molecule has 0 unspecified atom stereocenters. The fourth-order valence-electron chi connectivity index (χ4n) is 2.19. The summed E-state index contributed by atoms with van der Waals surface area (Å²) in [6, 6.07) is 12.7. The number of aryl methyl sites for hydroxylation is 1. The van der Waals surface area contributed by atoms with Crippen molar-refractivity contribution in [2.75, 3.05) is 10.6 Å². The van der Waals surface area contributed by atoms with Crippen LogP contribution in [0.3, 0.4) is 0 Å². The van der Waals surface area contributed by atoms with Gasteiger partial charge < -0.3 is 9.88 Å². The van der Waals surface area contributed by atoms with E-state index >= 15 is 0 Å². The maximum absolute atomic E-state index is 12.1. The largest absolute Gasteiger partial charge is 0.324 e. The van der Waals surface area contributed by atoms with Crippen LogP contribution in [0.5, 0.6) is 0 Å². The summed E-state index contributed by atoms with van der Waals surface area (Å²) in [6.07, 6.45) is 3.30. The predicted octanol–water partition coefficient (Wildman–Crippen LogP) is 3.71. The Balaban J connectivity index is 1.64. The highest BCUT2D eigenvalue weighted by molar-refractivity contribution is 7.99. The Labute approximate surface area is 149 Å². The molecule has 128 valence electrons. The molecule has 0 fully saturated rings. The summed E-state index contributed by atoms with van der Waals surface area (Å²) >= 11 is 1.61. The van der Waals surface area contributed by atoms with Gasteiger partial charge in [0.25, 0.3) is 0 Å². The number of thioether (sulfide) groups is 1. The summed E-state index contributed by atoms with van der Waals surface area (Å²) in [7, 11) is 1.91. The average molecular weight is 354 g/mol. The number of carbonyl (C=O) groups is 1. The molecule has 25 heavy (non-hydrogen) atoms. The third kappa shape index (κ3) is 4.57. The monoisotopic (exact) mass is 354 g/mol. The normalized spacial score (nSPS) is 11.8. The van der Waals surface area contributed by atoms with Crippen LogP contribution in [0.1, 0.15) is 17.7 Å². The molecule has 0 radical (unpaired) electrons. The van der Waals surface area contributed by atoms with Crippen molar-refractivity contribution in [1.29, 1.82) is 0 Å². The molecular formula is C17H18N6OS. The number of anilines is 2. The zero-order chi connectivity index (χ0) is 17.6. The van der Waals surface area contributed by atoms with Crippen molar-refractivity contribution in [3.63, 3.8) is 0 Å². The third-order valence-electron chi connectivity index (χ3n) is 3.47. The first kappa shape index (κ1) is 17.0. The van der Waals surface area contributed by atoms with Gasteiger partial charge in [-0.15, -0.1) is 10.2 Å². The lowest BCUT2D eigenvalue weighted by molar-refractivity contribution is 0.262. The molecule has 0 saturated heterocycles. The van der Waals surface area contributed by atoms with Crippen LogP contribution in [0.2, 0.25) is 0 Å². The van der Waals surface area contributed by atoms with Crippen LogP contribution in [-0.2, 0) is 7.05 Å². The molecule has 0 saturated carbocycles. The Bertz CT molecular complexity index is 851. The van der Waals surface area contributed by atoms with E-state index < -0.39 is 0 Å². The quantitative estimate of drug-likeness (QED) is 0.682.